The molecular formula is C14H16N4O2S. The van der Waals surface area contributed by atoms with E-state index in [9.17, 15) is 4.79 Å². The molecule has 2 aromatic rings. The van der Waals surface area contributed by atoms with Gasteiger partial charge >= 0.3 is 0 Å². The third kappa shape index (κ3) is 3.37. The second-order valence-corrected chi connectivity index (χ2v) is 6.06. The number of ether oxygens (including phenoxy) is 1. The van der Waals surface area contributed by atoms with Crippen LogP contribution >= 0.6 is 11.3 Å². The fraction of sp³-hybridized carbons (Fsp3) is 0.357. The highest BCUT2D eigenvalue weighted by atomic mass is 32.1. The molecule has 0 aromatic carbocycles. The van der Waals surface area contributed by atoms with Crippen LogP contribution in [0.3, 0.4) is 0 Å². The fourth-order valence-corrected chi connectivity index (χ4v) is 3.00. The zero-order valence-electron chi connectivity index (χ0n) is 11.4. The average molecular weight is 304 g/mol. The molecule has 3 N–H and O–H groups in total. The standard InChI is InChI=1S/C14H16N4O2S/c15-14-17-6-12(21-14)13(19)18-11-8-20-7-10(11)5-9-1-3-16-4-2-9/h1-4,6,10-11H,5,7-8H2,(H2,15,17)(H,18,19)/t10-,11+/m1/s1. The van der Waals surface area contributed by atoms with Crippen LogP contribution in [0.2, 0.25) is 0 Å². The Hall–Kier alpha value is -1.99. The number of thiazole rings is 1. The molecule has 0 radical (unpaired) electrons. The maximum Gasteiger partial charge on any atom is 0.263 e. The van der Waals surface area contributed by atoms with E-state index >= 15 is 0 Å². The van der Waals surface area contributed by atoms with Crippen molar-refractivity contribution < 1.29 is 9.53 Å². The molecule has 1 saturated heterocycles. The molecule has 0 aliphatic carbocycles. The van der Waals surface area contributed by atoms with Crippen LogP contribution in [0.5, 0.6) is 0 Å². The molecule has 3 heterocycles. The summed E-state index contributed by atoms with van der Waals surface area (Å²) in [7, 11) is 0. The third-order valence-corrected chi connectivity index (χ3v) is 4.33. The zero-order valence-corrected chi connectivity index (χ0v) is 12.2. The molecule has 6 nitrogen and oxygen atoms in total. The molecule has 1 amide bonds. The summed E-state index contributed by atoms with van der Waals surface area (Å²) in [5.41, 5.74) is 6.75. The van der Waals surface area contributed by atoms with E-state index in [2.05, 4.69) is 15.3 Å². The molecule has 7 heteroatoms. The van der Waals surface area contributed by atoms with Crippen molar-refractivity contribution in [2.24, 2.45) is 5.92 Å². The van der Waals surface area contributed by atoms with Gasteiger partial charge in [-0.05, 0) is 24.1 Å². The molecule has 2 aromatic heterocycles. The van der Waals surface area contributed by atoms with Gasteiger partial charge in [-0.1, -0.05) is 11.3 Å². The number of anilines is 1. The SMILES string of the molecule is Nc1ncc(C(=O)N[C@H]2COC[C@H]2Cc2ccncc2)s1. The second-order valence-electron chi connectivity index (χ2n) is 5.00. The van der Waals surface area contributed by atoms with Crippen LogP contribution in [-0.4, -0.2) is 35.1 Å². The van der Waals surface area contributed by atoms with E-state index in [-0.39, 0.29) is 17.9 Å². The van der Waals surface area contributed by atoms with E-state index in [0.29, 0.717) is 23.2 Å². The van der Waals surface area contributed by atoms with Gasteiger partial charge in [-0.2, -0.15) is 0 Å². The van der Waals surface area contributed by atoms with E-state index in [0.717, 1.165) is 6.42 Å². The van der Waals surface area contributed by atoms with Crippen LogP contribution in [0.15, 0.2) is 30.7 Å². The number of aromatic nitrogens is 2. The molecule has 1 fully saturated rings. The van der Waals surface area contributed by atoms with Gasteiger partial charge in [0.05, 0.1) is 25.5 Å². The molecule has 3 rings (SSSR count). The number of hydrogen-bond acceptors (Lipinski definition) is 6. The quantitative estimate of drug-likeness (QED) is 0.883. The monoisotopic (exact) mass is 304 g/mol. The Morgan fingerprint density at radius 2 is 2.24 bits per heavy atom. The Labute approximate surface area is 126 Å². The predicted octanol–water partition coefficient (Wildman–Crippen LogP) is 1.11. The predicted molar refractivity (Wildman–Crippen MR) is 80.0 cm³/mol. The number of amides is 1. The summed E-state index contributed by atoms with van der Waals surface area (Å²) < 4.78 is 5.52. The van der Waals surface area contributed by atoms with Crippen LogP contribution in [0.1, 0.15) is 15.2 Å². The highest BCUT2D eigenvalue weighted by Crippen LogP contribution is 2.20. The van der Waals surface area contributed by atoms with Crippen molar-refractivity contribution in [1.82, 2.24) is 15.3 Å². The number of hydrogen-bond donors (Lipinski definition) is 2. The second kappa shape index (κ2) is 6.19. The summed E-state index contributed by atoms with van der Waals surface area (Å²) >= 11 is 1.19. The number of nitrogens with two attached hydrogens (primary N) is 1. The lowest BCUT2D eigenvalue weighted by atomic mass is 9.95. The van der Waals surface area contributed by atoms with Crippen LogP contribution < -0.4 is 11.1 Å². The summed E-state index contributed by atoms with van der Waals surface area (Å²) in [6.07, 6.45) is 5.92. The fourth-order valence-electron chi connectivity index (χ4n) is 2.41. The molecule has 21 heavy (non-hydrogen) atoms. The topological polar surface area (TPSA) is 90.1 Å². The minimum absolute atomic E-state index is 0.00832. The van der Waals surface area contributed by atoms with Crippen molar-refractivity contribution in [3.8, 4) is 0 Å². The molecular weight excluding hydrogens is 288 g/mol. The number of pyridine rings is 1. The van der Waals surface area contributed by atoms with Gasteiger partial charge in [-0.25, -0.2) is 4.98 Å². The van der Waals surface area contributed by atoms with Gasteiger partial charge in [0.25, 0.3) is 5.91 Å². The van der Waals surface area contributed by atoms with Gasteiger partial charge in [-0.3, -0.25) is 9.78 Å². The largest absolute Gasteiger partial charge is 0.379 e. The summed E-state index contributed by atoms with van der Waals surface area (Å²) in [5.74, 6) is 0.126. The van der Waals surface area contributed by atoms with E-state index in [1.54, 1.807) is 12.4 Å². The summed E-state index contributed by atoms with van der Waals surface area (Å²) in [5, 5.41) is 3.41. The van der Waals surface area contributed by atoms with Crippen molar-refractivity contribution in [2.75, 3.05) is 18.9 Å². The Balaban J connectivity index is 1.63. The highest BCUT2D eigenvalue weighted by Gasteiger charge is 2.30. The van der Waals surface area contributed by atoms with Crippen LogP contribution in [-0.2, 0) is 11.2 Å². The minimum Gasteiger partial charge on any atom is -0.379 e. The van der Waals surface area contributed by atoms with Crippen molar-refractivity contribution >= 4 is 22.4 Å². The van der Waals surface area contributed by atoms with Gasteiger partial charge in [0.15, 0.2) is 5.13 Å². The summed E-state index contributed by atoms with van der Waals surface area (Å²) in [6.45, 7) is 1.19. The number of carbonyl (C=O) groups excluding carboxylic acids is 1. The van der Waals surface area contributed by atoms with Crippen LogP contribution in [0.4, 0.5) is 5.13 Å². The van der Waals surface area contributed by atoms with Crippen molar-refractivity contribution in [2.45, 2.75) is 12.5 Å². The molecule has 1 aliphatic heterocycles. The summed E-state index contributed by atoms with van der Waals surface area (Å²) in [4.78, 5) is 20.6. The first-order valence-electron chi connectivity index (χ1n) is 6.71. The van der Waals surface area contributed by atoms with Crippen molar-refractivity contribution in [3.05, 3.63) is 41.2 Å². The van der Waals surface area contributed by atoms with Gasteiger partial charge in [-0.15, -0.1) is 0 Å². The number of nitrogen functional groups attached to an aromatic ring is 1. The molecule has 0 spiro atoms. The van der Waals surface area contributed by atoms with Crippen LogP contribution in [0, 0.1) is 5.92 Å². The van der Waals surface area contributed by atoms with E-state index < -0.39 is 0 Å². The number of rotatable bonds is 4. The molecule has 0 unspecified atom stereocenters. The lowest BCUT2D eigenvalue weighted by molar-refractivity contribution is 0.0929. The first kappa shape index (κ1) is 14.0. The Morgan fingerprint density at radius 3 is 2.95 bits per heavy atom. The average Bonchev–Trinajstić information content (AvgIpc) is 3.10. The van der Waals surface area contributed by atoms with E-state index in [4.69, 9.17) is 10.5 Å². The third-order valence-electron chi connectivity index (χ3n) is 3.51. The van der Waals surface area contributed by atoms with Crippen molar-refractivity contribution in [3.63, 3.8) is 0 Å². The van der Waals surface area contributed by atoms with Gasteiger partial charge in [0.2, 0.25) is 0 Å². The van der Waals surface area contributed by atoms with Crippen LogP contribution in [0.25, 0.3) is 0 Å². The van der Waals surface area contributed by atoms with Crippen molar-refractivity contribution in [1.29, 1.82) is 0 Å². The van der Waals surface area contributed by atoms with Gasteiger partial charge in [0.1, 0.15) is 4.88 Å². The Kier molecular flexibility index (Phi) is 4.12. The summed E-state index contributed by atoms with van der Waals surface area (Å²) in [6, 6.07) is 3.98. The lowest BCUT2D eigenvalue weighted by Crippen LogP contribution is -2.40. The normalized spacial score (nSPS) is 21.3. The van der Waals surface area contributed by atoms with E-state index in [1.807, 2.05) is 12.1 Å². The molecule has 110 valence electrons. The number of nitrogens with one attached hydrogen (secondary N) is 1. The Bertz CT molecular complexity index is 616. The Morgan fingerprint density at radius 1 is 1.43 bits per heavy atom. The first-order chi connectivity index (χ1) is 10.2. The lowest BCUT2D eigenvalue weighted by Gasteiger charge is -2.18. The molecule has 1 aliphatic rings. The molecule has 0 saturated carbocycles. The highest BCUT2D eigenvalue weighted by molar-refractivity contribution is 7.17. The minimum atomic E-state index is -0.139. The smallest absolute Gasteiger partial charge is 0.263 e. The van der Waals surface area contributed by atoms with E-state index in [1.165, 1.54) is 23.1 Å². The number of nitrogens with zero attached hydrogens (tertiary/aromatic N) is 2. The molecule has 2 atom stereocenters. The maximum absolute atomic E-state index is 12.2. The first-order valence-corrected chi connectivity index (χ1v) is 7.53. The maximum atomic E-state index is 12.2. The zero-order chi connectivity index (χ0) is 14.7. The van der Waals surface area contributed by atoms with Gasteiger partial charge in [0, 0.05) is 18.3 Å². The van der Waals surface area contributed by atoms with Gasteiger partial charge < -0.3 is 15.8 Å². The number of carbonyl (C=O) groups is 1. The molecule has 0 bridgehead atoms.